The maximum absolute atomic E-state index is 13.2. The van der Waals surface area contributed by atoms with Crippen molar-refractivity contribution >= 4 is 27.3 Å². The molecular weight excluding hydrogens is 311 g/mol. The molecule has 2 aromatic rings. The van der Waals surface area contributed by atoms with Crippen molar-refractivity contribution in [3.8, 4) is 0 Å². The molecule has 2 unspecified atom stereocenters. The summed E-state index contributed by atoms with van der Waals surface area (Å²) in [6.07, 6.45) is 5.43. The Morgan fingerprint density at radius 3 is 2.83 bits per heavy atom. The molecular formula is C18H21FN2OS. The van der Waals surface area contributed by atoms with Crippen molar-refractivity contribution in [3.63, 3.8) is 0 Å². The van der Waals surface area contributed by atoms with Gasteiger partial charge in [0, 0.05) is 28.1 Å². The largest absolute Gasteiger partial charge is 0.351 e. The van der Waals surface area contributed by atoms with E-state index < -0.39 is 0 Å². The Kier molecular flexibility index (Phi) is 4.07. The predicted octanol–water partition coefficient (Wildman–Crippen LogP) is 3.58. The van der Waals surface area contributed by atoms with Crippen LogP contribution >= 0.6 is 11.3 Å². The normalized spacial score (nSPS) is 26.6. The molecule has 0 saturated carbocycles. The van der Waals surface area contributed by atoms with Gasteiger partial charge in [0.25, 0.3) is 0 Å². The molecule has 2 aliphatic heterocycles. The number of thiophene rings is 1. The Morgan fingerprint density at radius 2 is 2.04 bits per heavy atom. The summed E-state index contributed by atoms with van der Waals surface area (Å²) in [4.78, 5) is 13.3. The summed E-state index contributed by atoms with van der Waals surface area (Å²) in [7, 11) is 0. The second kappa shape index (κ2) is 6.21. The first-order chi connectivity index (χ1) is 11.2. The maximum Gasteiger partial charge on any atom is 0.220 e. The topological polar surface area (TPSA) is 41.1 Å². The van der Waals surface area contributed by atoms with Crippen molar-refractivity contribution in [2.45, 2.75) is 50.7 Å². The summed E-state index contributed by atoms with van der Waals surface area (Å²) < 4.78 is 14.3. The molecule has 1 aromatic carbocycles. The van der Waals surface area contributed by atoms with E-state index in [1.807, 2.05) is 6.07 Å². The summed E-state index contributed by atoms with van der Waals surface area (Å²) in [6, 6.07) is 8.04. The van der Waals surface area contributed by atoms with Gasteiger partial charge in [-0.2, -0.15) is 0 Å². The highest BCUT2D eigenvalue weighted by molar-refractivity contribution is 7.19. The van der Waals surface area contributed by atoms with Crippen LogP contribution < -0.4 is 10.6 Å². The number of carbonyl (C=O) groups is 1. The first-order valence-electron chi connectivity index (χ1n) is 8.36. The van der Waals surface area contributed by atoms with Gasteiger partial charge in [0.2, 0.25) is 5.91 Å². The van der Waals surface area contributed by atoms with Gasteiger partial charge in [-0.3, -0.25) is 4.79 Å². The third-order valence-electron chi connectivity index (χ3n) is 5.03. The molecule has 2 atom stereocenters. The Hall–Kier alpha value is -1.46. The third-order valence-corrected chi connectivity index (χ3v) is 6.15. The van der Waals surface area contributed by atoms with E-state index in [-0.39, 0.29) is 11.7 Å². The number of carbonyl (C=O) groups excluding carboxylic acids is 1. The standard InChI is InChI=1S/C18H21FN2OS/c19-13-1-4-17-12(8-13)9-16(23-17)10-20-18(22)7-11-5-14-2-3-15(6-11)21-14/h1,4,8-9,11,14-15,21H,2-3,5-7,10H2,(H,20,22). The number of hydrogen-bond acceptors (Lipinski definition) is 3. The molecule has 1 aromatic heterocycles. The second-order valence-electron chi connectivity index (χ2n) is 6.85. The lowest BCUT2D eigenvalue weighted by Gasteiger charge is -2.28. The van der Waals surface area contributed by atoms with Crippen LogP contribution in [0.4, 0.5) is 4.39 Å². The molecule has 0 aliphatic carbocycles. The summed E-state index contributed by atoms with van der Waals surface area (Å²) in [6.45, 7) is 0.539. The van der Waals surface area contributed by atoms with E-state index in [9.17, 15) is 9.18 Å². The van der Waals surface area contributed by atoms with E-state index in [2.05, 4.69) is 10.6 Å². The fourth-order valence-electron chi connectivity index (χ4n) is 4.02. The van der Waals surface area contributed by atoms with Gasteiger partial charge in [0.15, 0.2) is 0 Å². The number of rotatable bonds is 4. The predicted molar refractivity (Wildman–Crippen MR) is 90.9 cm³/mol. The number of amides is 1. The van der Waals surface area contributed by atoms with Crippen LogP contribution in [0.1, 0.15) is 37.0 Å². The van der Waals surface area contributed by atoms with Crippen LogP contribution in [0.3, 0.4) is 0 Å². The van der Waals surface area contributed by atoms with E-state index >= 15 is 0 Å². The summed E-state index contributed by atoms with van der Waals surface area (Å²) in [5.41, 5.74) is 0. The van der Waals surface area contributed by atoms with Crippen LogP contribution in [0, 0.1) is 11.7 Å². The zero-order chi connectivity index (χ0) is 15.8. The molecule has 0 spiro atoms. The van der Waals surface area contributed by atoms with Crippen LogP contribution in [0.2, 0.25) is 0 Å². The molecule has 23 heavy (non-hydrogen) atoms. The van der Waals surface area contributed by atoms with E-state index in [4.69, 9.17) is 0 Å². The molecule has 4 rings (SSSR count). The summed E-state index contributed by atoms with van der Waals surface area (Å²) in [5, 5.41) is 7.55. The number of nitrogens with one attached hydrogen (secondary N) is 2. The van der Waals surface area contributed by atoms with Crippen LogP contribution in [0.15, 0.2) is 24.3 Å². The van der Waals surface area contributed by atoms with Gasteiger partial charge in [0.05, 0.1) is 6.54 Å². The number of piperidine rings is 1. The summed E-state index contributed by atoms with van der Waals surface area (Å²) >= 11 is 1.61. The Bertz CT molecular complexity index is 717. The Morgan fingerprint density at radius 1 is 1.26 bits per heavy atom. The Labute approximate surface area is 139 Å². The monoisotopic (exact) mass is 332 g/mol. The van der Waals surface area contributed by atoms with Crippen molar-refractivity contribution in [2.75, 3.05) is 0 Å². The molecule has 0 radical (unpaired) electrons. The van der Waals surface area contributed by atoms with Crippen LogP contribution in [-0.4, -0.2) is 18.0 Å². The van der Waals surface area contributed by atoms with Gasteiger partial charge in [-0.25, -0.2) is 4.39 Å². The average Bonchev–Trinajstić information content (AvgIpc) is 3.07. The average molecular weight is 332 g/mol. The molecule has 2 saturated heterocycles. The second-order valence-corrected chi connectivity index (χ2v) is 8.02. The number of benzene rings is 1. The van der Waals surface area contributed by atoms with Gasteiger partial charge >= 0.3 is 0 Å². The zero-order valence-corrected chi connectivity index (χ0v) is 13.8. The molecule has 3 heterocycles. The molecule has 5 heteroatoms. The smallest absolute Gasteiger partial charge is 0.220 e. The molecule has 2 bridgehead atoms. The quantitative estimate of drug-likeness (QED) is 0.898. The molecule has 2 fully saturated rings. The highest BCUT2D eigenvalue weighted by Gasteiger charge is 2.34. The lowest BCUT2D eigenvalue weighted by molar-refractivity contribution is -0.122. The fourth-order valence-corrected chi connectivity index (χ4v) is 5.00. The van der Waals surface area contributed by atoms with E-state index in [0.29, 0.717) is 31.0 Å². The van der Waals surface area contributed by atoms with Gasteiger partial charge in [0.1, 0.15) is 5.82 Å². The van der Waals surface area contributed by atoms with Gasteiger partial charge < -0.3 is 10.6 Å². The maximum atomic E-state index is 13.2. The third kappa shape index (κ3) is 3.40. The Balaban J connectivity index is 1.32. The van der Waals surface area contributed by atoms with Crippen molar-refractivity contribution < 1.29 is 9.18 Å². The summed E-state index contributed by atoms with van der Waals surface area (Å²) in [5.74, 6) is 0.441. The van der Waals surface area contributed by atoms with Crippen LogP contribution in [0.25, 0.3) is 10.1 Å². The molecule has 3 nitrogen and oxygen atoms in total. The number of halogens is 1. The minimum absolute atomic E-state index is 0.139. The molecule has 1 amide bonds. The first-order valence-corrected chi connectivity index (χ1v) is 9.18. The zero-order valence-electron chi connectivity index (χ0n) is 13.0. The van der Waals surface area contributed by atoms with E-state index in [0.717, 1.165) is 27.8 Å². The lowest BCUT2D eigenvalue weighted by atomic mass is 9.89. The SMILES string of the molecule is O=C(CC1CC2CCC(C1)N2)NCc1cc2cc(F)ccc2s1. The van der Waals surface area contributed by atoms with E-state index in [1.165, 1.54) is 18.9 Å². The van der Waals surface area contributed by atoms with Gasteiger partial charge in [-0.15, -0.1) is 11.3 Å². The fraction of sp³-hybridized carbons (Fsp3) is 0.500. The van der Waals surface area contributed by atoms with Crippen molar-refractivity contribution in [2.24, 2.45) is 5.92 Å². The lowest BCUT2D eigenvalue weighted by Crippen LogP contribution is -2.39. The van der Waals surface area contributed by atoms with Gasteiger partial charge in [-0.1, -0.05) is 0 Å². The van der Waals surface area contributed by atoms with Crippen LogP contribution in [0.5, 0.6) is 0 Å². The van der Waals surface area contributed by atoms with E-state index in [1.54, 1.807) is 23.5 Å². The number of fused-ring (bicyclic) bond motifs is 3. The molecule has 2 aliphatic rings. The van der Waals surface area contributed by atoms with Crippen LogP contribution in [-0.2, 0) is 11.3 Å². The first kappa shape index (κ1) is 15.1. The van der Waals surface area contributed by atoms with Crippen molar-refractivity contribution in [1.29, 1.82) is 0 Å². The highest BCUT2D eigenvalue weighted by Crippen LogP contribution is 2.32. The van der Waals surface area contributed by atoms with Gasteiger partial charge in [-0.05, 0) is 61.3 Å². The highest BCUT2D eigenvalue weighted by atomic mass is 32.1. The minimum atomic E-state index is -0.216. The van der Waals surface area contributed by atoms with Crippen molar-refractivity contribution in [3.05, 3.63) is 35.0 Å². The van der Waals surface area contributed by atoms with Crippen molar-refractivity contribution in [1.82, 2.24) is 10.6 Å². The molecule has 122 valence electrons. The number of hydrogen-bond donors (Lipinski definition) is 2. The molecule has 2 N–H and O–H groups in total. The minimum Gasteiger partial charge on any atom is -0.351 e.